The molecule has 23 heavy (non-hydrogen) atoms. The van der Waals surface area contributed by atoms with Gasteiger partial charge < -0.3 is 5.32 Å². The summed E-state index contributed by atoms with van der Waals surface area (Å²) in [7, 11) is 0. The van der Waals surface area contributed by atoms with Crippen LogP contribution in [0.5, 0.6) is 0 Å². The highest BCUT2D eigenvalue weighted by Crippen LogP contribution is 2.38. The Labute approximate surface area is 144 Å². The highest BCUT2D eigenvalue weighted by molar-refractivity contribution is 7.22. The van der Waals surface area contributed by atoms with Crippen molar-refractivity contribution in [1.82, 2.24) is 15.3 Å². The Morgan fingerprint density at radius 2 is 1.87 bits per heavy atom. The first-order chi connectivity index (χ1) is 11.2. The number of hydrogen-bond donors (Lipinski definition) is 1. The average molecular weight is 344 g/mol. The third-order valence-electron chi connectivity index (χ3n) is 4.36. The fourth-order valence-electron chi connectivity index (χ4n) is 3.20. The van der Waals surface area contributed by atoms with Crippen molar-refractivity contribution in [3.63, 3.8) is 0 Å². The zero-order valence-corrected chi connectivity index (χ0v) is 14.5. The molecule has 1 N–H and O–H groups in total. The molecular formula is C18H18ClN3S. The van der Waals surface area contributed by atoms with Crippen molar-refractivity contribution in [2.75, 3.05) is 13.1 Å². The second kappa shape index (κ2) is 6.19. The number of thiophene rings is 1. The molecule has 1 saturated heterocycles. The molecule has 1 aliphatic rings. The summed E-state index contributed by atoms with van der Waals surface area (Å²) in [5, 5.41) is 4.20. The van der Waals surface area contributed by atoms with E-state index in [1.54, 1.807) is 11.3 Å². The van der Waals surface area contributed by atoms with Crippen LogP contribution >= 0.6 is 22.9 Å². The Hall–Kier alpha value is -1.49. The van der Waals surface area contributed by atoms with E-state index in [0.717, 1.165) is 42.3 Å². The Morgan fingerprint density at radius 3 is 2.61 bits per heavy atom. The van der Waals surface area contributed by atoms with Crippen molar-refractivity contribution < 1.29 is 0 Å². The number of hydrogen-bond acceptors (Lipinski definition) is 4. The second-order valence-electron chi connectivity index (χ2n) is 6.01. The lowest BCUT2D eigenvalue weighted by Crippen LogP contribution is -2.27. The van der Waals surface area contributed by atoms with Gasteiger partial charge in [-0.1, -0.05) is 23.7 Å². The maximum Gasteiger partial charge on any atom is 0.126 e. The van der Waals surface area contributed by atoms with Gasteiger partial charge in [-0.15, -0.1) is 11.3 Å². The van der Waals surface area contributed by atoms with Gasteiger partial charge in [-0.05, 0) is 56.6 Å². The van der Waals surface area contributed by atoms with Crippen LogP contribution in [0.2, 0.25) is 5.02 Å². The van der Waals surface area contributed by atoms with Gasteiger partial charge in [0.25, 0.3) is 0 Å². The van der Waals surface area contributed by atoms with E-state index in [4.69, 9.17) is 16.6 Å². The lowest BCUT2D eigenvalue weighted by Gasteiger charge is -2.22. The Balaban J connectivity index is 1.82. The van der Waals surface area contributed by atoms with Crippen LogP contribution in [-0.4, -0.2) is 23.1 Å². The van der Waals surface area contributed by atoms with Crippen LogP contribution in [0.3, 0.4) is 0 Å². The van der Waals surface area contributed by atoms with E-state index in [-0.39, 0.29) is 0 Å². The van der Waals surface area contributed by atoms with Crippen molar-refractivity contribution in [2.24, 2.45) is 0 Å². The molecule has 3 heterocycles. The Bertz CT molecular complexity index is 835. The fourth-order valence-corrected chi connectivity index (χ4v) is 4.50. The lowest BCUT2D eigenvalue weighted by molar-refractivity contribution is 0.455. The zero-order chi connectivity index (χ0) is 15.8. The fraction of sp³-hybridized carbons (Fsp3) is 0.333. The van der Waals surface area contributed by atoms with Gasteiger partial charge in [-0.3, -0.25) is 0 Å². The molecule has 0 atom stereocenters. The van der Waals surface area contributed by atoms with E-state index in [1.807, 2.05) is 19.1 Å². The number of halogens is 1. The summed E-state index contributed by atoms with van der Waals surface area (Å²) in [4.78, 5) is 10.7. The summed E-state index contributed by atoms with van der Waals surface area (Å²) in [6.07, 6.45) is 2.31. The smallest absolute Gasteiger partial charge is 0.126 e. The van der Waals surface area contributed by atoms with Gasteiger partial charge in [0.05, 0.1) is 15.9 Å². The zero-order valence-electron chi connectivity index (χ0n) is 13.0. The van der Waals surface area contributed by atoms with Crippen LogP contribution in [0.25, 0.3) is 20.7 Å². The number of aryl methyl sites for hydroxylation is 1. The van der Waals surface area contributed by atoms with Crippen LogP contribution in [0.1, 0.15) is 30.3 Å². The Kier molecular flexibility index (Phi) is 4.05. The topological polar surface area (TPSA) is 37.8 Å². The van der Waals surface area contributed by atoms with Gasteiger partial charge in [0, 0.05) is 15.8 Å². The first-order valence-electron chi connectivity index (χ1n) is 7.95. The molecule has 118 valence electrons. The summed E-state index contributed by atoms with van der Waals surface area (Å²) in [5.41, 5.74) is 3.49. The molecule has 1 aliphatic heterocycles. The van der Waals surface area contributed by atoms with E-state index in [9.17, 15) is 0 Å². The molecule has 0 unspecified atom stereocenters. The minimum absolute atomic E-state index is 0.539. The van der Waals surface area contributed by atoms with E-state index in [1.165, 1.54) is 20.8 Å². The number of nitrogens with one attached hydrogen (secondary N) is 1. The molecule has 0 amide bonds. The van der Waals surface area contributed by atoms with Crippen LogP contribution in [0.4, 0.5) is 0 Å². The van der Waals surface area contributed by atoms with Crippen molar-refractivity contribution in [1.29, 1.82) is 0 Å². The molecule has 1 aromatic carbocycles. The van der Waals surface area contributed by atoms with Crippen LogP contribution in [-0.2, 0) is 0 Å². The summed E-state index contributed by atoms with van der Waals surface area (Å²) < 4.78 is 1.24. The summed E-state index contributed by atoms with van der Waals surface area (Å²) in [5.74, 6) is 1.41. The third-order valence-corrected chi connectivity index (χ3v) is 5.81. The third kappa shape index (κ3) is 2.99. The maximum atomic E-state index is 6.00. The summed E-state index contributed by atoms with van der Waals surface area (Å²) >= 11 is 7.80. The number of benzene rings is 1. The molecule has 0 aliphatic carbocycles. The maximum absolute atomic E-state index is 6.00. The largest absolute Gasteiger partial charge is 0.317 e. The van der Waals surface area contributed by atoms with Crippen molar-refractivity contribution in [3.8, 4) is 10.4 Å². The Morgan fingerprint density at radius 1 is 1.13 bits per heavy atom. The number of aromatic nitrogens is 2. The van der Waals surface area contributed by atoms with Crippen LogP contribution < -0.4 is 5.32 Å². The first-order valence-corrected chi connectivity index (χ1v) is 9.15. The monoisotopic (exact) mass is 343 g/mol. The normalized spacial score (nSPS) is 16.1. The number of fused-ring (bicyclic) bond motifs is 1. The minimum atomic E-state index is 0.539. The second-order valence-corrected chi connectivity index (χ2v) is 7.50. The van der Waals surface area contributed by atoms with Gasteiger partial charge in [0.15, 0.2) is 0 Å². The SMILES string of the molecule is Cc1nc(C2CCNCC2)c2sc(-c3ccc(Cl)cc3)cc2n1. The average Bonchev–Trinajstić information content (AvgIpc) is 2.99. The van der Waals surface area contributed by atoms with Gasteiger partial charge >= 0.3 is 0 Å². The number of nitrogens with zero attached hydrogens (tertiary/aromatic N) is 2. The molecule has 0 spiro atoms. The lowest BCUT2D eigenvalue weighted by atomic mass is 9.94. The van der Waals surface area contributed by atoms with Crippen molar-refractivity contribution in [3.05, 3.63) is 46.9 Å². The summed E-state index contributed by atoms with van der Waals surface area (Å²) in [6, 6.07) is 10.2. The minimum Gasteiger partial charge on any atom is -0.317 e. The van der Waals surface area contributed by atoms with E-state index >= 15 is 0 Å². The van der Waals surface area contributed by atoms with Crippen LogP contribution in [0, 0.1) is 6.92 Å². The standard InChI is InChI=1S/C18H18ClN3S/c1-11-21-15-10-16(12-2-4-14(19)5-3-12)23-18(15)17(22-11)13-6-8-20-9-7-13/h2-5,10,13,20H,6-9H2,1H3. The molecule has 3 aromatic rings. The van der Waals surface area contributed by atoms with E-state index in [0.29, 0.717) is 5.92 Å². The van der Waals surface area contributed by atoms with Gasteiger partial charge in [0.1, 0.15) is 5.82 Å². The molecule has 5 heteroatoms. The molecular weight excluding hydrogens is 326 g/mol. The highest BCUT2D eigenvalue weighted by Gasteiger charge is 2.21. The molecule has 3 nitrogen and oxygen atoms in total. The predicted molar refractivity (Wildman–Crippen MR) is 97.4 cm³/mol. The quantitative estimate of drug-likeness (QED) is 0.727. The van der Waals surface area contributed by atoms with E-state index in [2.05, 4.69) is 28.5 Å². The van der Waals surface area contributed by atoms with Crippen molar-refractivity contribution in [2.45, 2.75) is 25.7 Å². The highest BCUT2D eigenvalue weighted by atomic mass is 35.5. The first kappa shape index (κ1) is 15.1. The molecule has 1 fully saturated rings. The molecule has 0 saturated carbocycles. The molecule has 0 bridgehead atoms. The van der Waals surface area contributed by atoms with Gasteiger partial charge in [0.2, 0.25) is 0 Å². The van der Waals surface area contributed by atoms with Crippen molar-refractivity contribution >= 4 is 33.2 Å². The van der Waals surface area contributed by atoms with E-state index < -0.39 is 0 Å². The predicted octanol–water partition coefficient (Wildman–Crippen LogP) is 4.79. The molecule has 4 rings (SSSR count). The number of piperidine rings is 1. The number of rotatable bonds is 2. The van der Waals surface area contributed by atoms with Gasteiger partial charge in [-0.25, -0.2) is 9.97 Å². The van der Waals surface area contributed by atoms with Gasteiger partial charge in [-0.2, -0.15) is 0 Å². The molecule has 0 radical (unpaired) electrons. The summed E-state index contributed by atoms with van der Waals surface area (Å²) in [6.45, 7) is 4.14. The van der Waals surface area contributed by atoms with Crippen LogP contribution in [0.15, 0.2) is 30.3 Å². The molecule has 2 aromatic heterocycles.